The quantitative estimate of drug-likeness (QED) is 0.487. The van der Waals surface area contributed by atoms with E-state index in [1.807, 2.05) is 0 Å². The van der Waals surface area contributed by atoms with Crippen LogP contribution in [0.4, 0.5) is 0 Å². The first-order valence-electron chi connectivity index (χ1n) is 5.27. The van der Waals surface area contributed by atoms with Gasteiger partial charge in [-0.25, -0.2) is 0 Å². The highest BCUT2D eigenvalue weighted by atomic mass is 15.4. The summed E-state index contributed by atoms with van der Waals surface area (Å²) in [6.45, 7) is 6.33. The minimum atomic E-state index is 0.625. The summed E-state index contributed by atoms with van der Waals surface area (Å²) in [6, 6.07) is 0.935. The van der Waals surface area contributed by atoms with Crippen molar-refractivity contribution in [2.24, 2.45) is 11.3 Å². The molecule has 0 aromatic heterocycles. The normalized spacial score (nSPS) is 43.0. The number of nitrogens with zero attached hydrogens (tertiary/aromatic N) is 1. The maximum Gasteiger partial charge on any atom is 0.0943 e. The fourth-order valence-electron chi connectivity index (χ4n) is 3.57. The summed E-state index contributed by atoms with van der Waals surface area (Å²) in [6.07, 6.45) is 4.41. The van der Waals surface area contributed by atoms with Crippen LogP contribution in [0.15, 0.2) is 0 Å². The lowest BCUT2D eigenvalue weighted by Gasteiger charge is -2.55. The van der Waals surface area contributed by atoms with E-state index >= 15 is 0 Å². The molecule has 3 aliphatic rings. The van der Waals surface area contributed by atoms with Crippen LogP contribution in [0, 0.1) is 11.3 Å². The second kappa shape index (κ2) is 2.25. The molecule has 0 amide bonds. The van der Waals surface area contributed by atoms with E-state index in [-0.39, 0.29) is 0 Å². The smallest absolute Gasteiger partial charge is 0.0943 e. The number of fused-ring (bicyclic) bond motifs is 3. The second-order valence-corrected chi connectivity index (χ2v) is 5.91. The standard InChI is InChI=1S/C11H22N/c1-11(2)9-6-5-7-12(3,4)10(11)8-9/h9-10H,5-8H2,1-4H3/q+1/t9?,10-/m1/s1. The van der Waals surface area contributed by atoms with E-state index < -0.39 is 0 Å². The molecule has 1 heteroatoms. The summed E-state index contributed by atoms with van der Waals surface area (Å²) in [4.78, 5) is 0. The summed E-state index contributed by atoms with van der Waals surface area (Å²) in [5.74, 6) is 1.03. The third-order valence-corrected chi connectivity index (χ3v) is 4.55. The third kappa shape index (κ3) is 0.953. The SMILES string of the molecule is CC1(C)C2CCC[N+](C)(C)[C@@H]1C2. The number of rotatable bonds is 0. The van der Waals surface area contributed by atoms with Crippen LogP contribution >= 0.6 is 0 Å². The molecule has 0 N–H and O–H groups in total. The van der Waals surface area contributed by atoms with Gasteiger partial charge in [-0.3, -0.25) is 0 Å². The fraction of sp³-hybridized carbons (Fsp3) is 1.00. The van der Waals surface area contributed by atoms with Crippen LogP contribution < -0.4 is 0 Å². The Labute approximate surface area is 76.3 Å². The molecule has 0 aromatic rings. The first-order chi connectivity index (χ1) is 5.44. The summed E-state index contributed by atoms with van der Waals surface area (Å²) in [5, 5.41) is 0. The summed E-state index contributed by atoms with van der Waals surface area (Å²) in [7, 11) is 4.82. The molecule has 3 fully saturated rings. The molecular formula is C11H22N+. The van der Waals surface area contributed by atoms with Crippen LogP contribution in [0.3, 0.4) is 0 Å². The van der Waals surface area contributed by atoms with E-state index in [0.29, 0.717) is 5.41 Å². The van der Waals surface area contributed by atoms with E-state index in [2.05, 4.69) is 27.9 Å². The van der Waals surface area contributed by atoms with Gasteiger partial charge in [0.05, 0.1) is 26.7 Å². The van der Waals surface area contributed by atoms with Crippen molar-refractivity contribution >= 4 is 0 Å². The van der Waals surface area contributed by atoms with Crippen LogP contribution in [-0.2, 0) is 0 Å². The molecule has 2 bridgehead atoms. The molecule has 0 spiro atoms. The highest BCUT2D eigenvalue weighted by molar-refractivity contribution is 4.99. The zero-order valence-electron chi connectivity index (χ0n) is 8.93. The van der Waals surface area contributed by atoms with Crippen LogP contribution in [0.2, 0.25) is 0 Å². The summed E-state index contributed by atoms with van der Waals surface area (Å²) < 4.78 is 1.27. The van der Waals surface area contributed by atoms with Crippen LogP contribution in [0.5, 0.6) is 0 Å². The van der Waals surface area contributed by atoms with Crippen molar-refractivity contribution in [2.75, 3.05) is 20.6 Å². The van der Waals surface area contributed by atoms with Gasteiger partial charge in [-0.1, -0.05) is 13.8 Å². The predicted octanol–water partition coefficient (Wildman–Crippen LogP) is 2.27. The maximum absolute atomic E-state index is 2.47. The molecule has 1 saturated carbocycles. The predicted molar refractivity (Wildman–Crippen MR) is 51.9 cm³/mol. The molecule has 3 rings (SSSR count). The van der Waals surface area contributed by atoms with Gasteiger partial charge in [0.25, 0.3) is 0 Å². The lowest BCUT2D eigenvalue weighted by Crippen LogP contribution is -2.63. The van der Waals surface area contributed by atoms with Gasteiger partial charge in [0, 0.05) is 11.8 Å². The Balaban J connectivity index is 2.25. The van der Waals surface area contributed by atoms with Gasteiger partial charge in [0.2, 0.25) is 0 Å². The zero-order valence-corrected chi connectivity index (χ0v) is 8.93. The zero-order chi connectivity index (χ0) is 8.98. The topological polar surface area (TPSA) is 0 Å². The van der Waals surface area contributed by atoms with Crippen LogP contribution in [0.1, 0.15) is 33.1 Å². The van der Waals surface area contributed by atoms with Gasteiger partial charge in [0.15, 0.2) is 0 Å². The van der Waals surface area contributed by atoms with Gasteiger partial charge >= 0.3 is 0 Å². The maximum atomic E-state index is 2.47. The Morgan fingerprint density at radius 2 is 1.92 bits per heavy atom. The van der Waals surface area contributed by atoms with Gasteiger partial charge in [-0.05, 0) is 18.8 Å². The van der Waals surface area contributed by atoms with E-state index in [9.17, 15) is 0 Å². The van der Waals surface area contributed by atoms with Crippen molar-refractivity contribution in [3.63, 3.8) is 0 Å². The Bertz CT molecular complexity index is 185. The Hall–Kier alpha value is -0.0400. The van der Waals surface area contributed by atoms with Crippen molar-refractivity contribution in [1.29, 1.82) is 0 Å². The first kappa shape index (κ1) is 8.55. The van der Waals surface area contributed by atoms with Crippen LogP contribution in [0.25, 0.3) is 0 Å². The highest BCUT2D eigenvalue weighted by Crippen LogP contribution is 2.54. The minimum Gasteiger partial charge on any atom is -0.326 e. The molecule has 12 heavy (non-hydrogen) atoms. The van der Waals surface area contributed by atoms with Gasteiger partial charge < -0.3 is 4.48 Å². The minimum absolute atomic E-state index is 0.625. The van der Waals surface area contributed by atoms with E-state index in [1.54, 1.807) is 0 Å². The second-order valence-electron chi connectivity index (χ2n) is 5.91. The van der Waals surface area contributed by atoms with E-state index in [0.717, 1.165) is 12.0 Å². The third-order valence-electron chi connectivity index (χ3n) is 4.55. The summed E-state index contributed by atoms with van der Waals surface area (Å²) in [5.41, 5.74) is 0.625. The Morgan fingerprint density at radius 3 is 2.50 bits per heavy atom. The Kier molecular flexibility index (Phi) is 1.61. The molecule has 2 atom stereocenters. The van der Waals surface area contributed by atoms with E-state index in [4.69, 9.17) is 0 Å². The first-order valence-corrected chi connectivity index (χ1v) is 5.27. The molecule has 1 unspecified atom stereocenters. The molecular weight excluding hydrogens is 146 g/mol. The lowest BCUT2D eigenvalue weighted by atomic mass is 9.57. The van der Waals surface area contributed by atoms with E-state index in [1.165, 1.54) is 30.3 Å². The van der Waals surface area contributed by atoms with Crippen LogP contribution in [-0.4, -0.2) is 31.2 Å². The monoisotopic (exact) mass is 168 g/mol. The molecule has 2 saturated heterocycles. The molecule has 2 aliphatic heterocycles. The average molecular weight is 168 g/mol. The van der Waals surface area contributed by atoms with Crippen molar-refractivity contribution in [3.8, 4) is 0 Å². The number of quaternary nitrogens is 1. The number of hydrogen-bond donors (Lipinski definition) is 0. The van der Waals surface area contributed by atoms with Gasteiger partial charge in [0.1, 0.15) is 0 Å². The van der Waals surface area contributed by atoms with Gasteiger partial charge in [-0.2, -0.15) is 0 Å². The van der Waals surface area contributed by atoms with Gasteiger partial charge in [-0.15, -0.1) is 0 Å². The lowest BCUT2D eigenvalue weighted by molar-refractivity contribution is -0.928. The molecule has 70 valence electrons. The largest absolute Gasteiger partial charge is 0.326 e. The van der Waals surface area contributed by atoms with Crippen molar-refractivity contribution < 1.29 is 4.48 Å². The van der Waals surface area contributed by atoms with Crippen molar-refractivity contribution in [3.05, 3.63) is 0 Å². The molecule has 0 radical (unpaired) electrons. The van der Waals surface area contributed by atoms with Crippen molar-refractivity contribution in [1.82, 2.24) is 0 Å². The molecule has 0 aromatic carbocycles. The molecule has 1 aliphatic carbocycles. The average Bonchev–Trinajstić information content (AvgIpc) is 2.13. The molecule has 2 heterocycles. The molecule has 1 nitrogen and oxygen atoms in total. The fourth-order valence-corrected chi connectivity index (χ4v) is 3.57. The van der Waals surface area contributed by atoms with Crippen molar-refractivity contribution in [2.45, 2.75) is 39.2 Å². The Morgan fingerprint density at radius 1 is 1.25 bits per heavy atom. The number of hydrogen-bond acceptors (Lipinski definition) is 0. The summed E-state index contributed by atoms with van der Waals surface area (Å²) >= 11 is 0. The highest BCUT2D eigenvalue weighted by Gasteiger charge is 2.57.